The lowest BCUT2D eigenvalue weighted by atomic mass is 10.0. The molecule has 1 aliphatic rings. The van der Waals surface area contributed by atoms with E-state index in [1.807, 2.05) is 16.4 Å². The van der Waals surface area contributed by atoms with Crippen LogP contribution in [0.3, 0.4) is 0 Å². The van der Waals surface area contributed by atoms with Crippen LogP contribution in [-0.4, -0.2) is 21.1 Å². The Balaban J connectivity index is 2.14. The molecule has 3 nitrogen and oxygen atoms in total. The van der Waals surface area contributed by atoms with Gasteiger partial charge in [0.15, 0.2) is 0 Å². The number of aryl methyl sites for hydroxylation is 2. The summed E-state index contributed by atoms with van der Waals surface area (Å²) in [6.45, 7) is 4.17. The van der Waals surface area contributed by atoms with Gasteiger partial charge >= 0.3 is 0 Å². The largest absolute Gasteiger partial charge is 0.328 e. The van der Waals surface area contributed by atoms with Crippen molar-refractivity contribution in [1.29, 1.82) is 0 Å². The predicted octanol–water partition coefficient (Wildman–Crippen LogP) is 3.04. The third kappa shape index (κ3) is 3.29. The van der Waals surface area contributed by atoms with Gasteiger partial charge in [-0.15, -0.1) is 11.8 Å². The Hall–Kier alpha value is -0.480. The molecule has 0 amide bonds. The molecule has 1 atom stereocenters. The second kappa shape index (κ2) is 6.11. The van der Waals surface area contributed by atoms with E-state index in [2.05, 4.69) is 26.0 Å². The average molecular weight is 267 g/mol. The molecule has 18 heavy (non-hydrogen) atoms. The maximum atomic E-state index is 5.96. The van der Waals surface area contributed by atoms with E-state index in [0.29, 0.717) is 0 Å². The second-order valence-electron chi connectivity index (χ2n) is 5.55. The minimum absolute atomic E-state index is 0.207. The molecule has 102 valence electrons. The maximum absolute atomic E-state index is 5.96. The molecule has 1 saturated carbocycles. The third-order valence-electron chi connectivity index (χ3n) is 3.65. The Morgan fingerprint density at radius 2 is 2.06 bits per heavy atom. The van der Waals surface area contributed by atoms with Crippen molar-refractivity contribution in [2.24, 2.45) is 12.8 Å². The van der Waals surface area contributed by atoms with E-state index in [1.165, 1.54) is 42.7 Å². The van der Waals surface area contributed by atoms with Crippen LogP contribution in [0.1, 0.15) is 50.3 Å². The monoisotopic (exact) mass is 267 g/mol. The Morgan fingerprint density at radius 1 is 1.39 bits per heavy atom. The van der Waals surface area contributed by atoms with Crippen molar-refractivity contribution in [3.8, 4) is 0 Å². The van der Waals surface area contributed by atoms with Crippen LogP contribution >= 0.6 is 11.8 Å². The minimum atomic E-state index is 0.207. The first-order valence-electron chi connectivity index (χ1n) is 7.02. The highest BCUT2D eigenvalue weighted by atomic mass is 32.2. The van der Waals surface area contributed by atoms with Crippen molar-refractivity contribution in [1.82, 2.24) is 9.78 Å². The van der Waals surface area contributed by atoms with Crippen LogP contribution < -0.4 is 5.73 Å². The normalized spacial score (nSPS) is 19.1. The number of hydrogen-bond acceptors (Lipinski definition) is 3. The number of hydrogen-bond donors (Lipinski definition) is 1. The summed E-state index contributed by atoms with van der Waals surface area (Å²) in [4.78, 5) is 0. The molecule has 0 bridgehead atoms. The smallest absolute Gasteiger partial charge is 0.0974 e. The molecule has 4 heteroatoms. The summed E-state index contributed by atoms with van der Waals surface area (Å²) in [6, 6.07) is 0.207. The molecule has 1 aromatic rings. The van der Waals surface area contributed by atoms with Gasteiger partial charge in [-0.2, -0.15) is 5.10 Å². The first-order valence-corrected chi connectivity index (χ1v) is 7.90. The molecule has 1 fully saturated rings. The lowest BCUT2D eigenvalue weighted by Gasteiger charge is -2.21. The van der Waals surface area contributed by atoms with Gasteiger partial charge in [-0.05, 0) is 33.1 Å². The molecule has 1 aromatic heterocycles. The molecule has 1 aliphatic carbocycles. The SMILES string of the molecule is Cc1nn(C)c(SC2CCCCC2)c1CC(C)N. The van der Waals surface area contributed by atoms with Crippen LogP contribution in [-0.2, 0) is 13.5 Å². The number of nitrogens with two attached hydrogens (primary N) is 1. The van der Waals surface area contributed by atoms with Gasteiger partial charge in [-0.1, -0.05) is 19.3 Å². The van der Waals surface area contributed by atoms with Gasteiger partial charge in [-0.3, -0.25) is 4.68 Å². The fraction of sp³-hybridized carbons (Fsp3) is 0.786. The van der Waals surface area contributed by atoms with Gasteiger partial charge in [0.25, 0.3) is 0 Å². The molecule has 0 spiro atoms. The van der Waals surface area contributed by atoms with E-state index in [9.17, 15) is 0 Å². The van der Waals surface area contributed by atoms with Gasteiger partial charge < -0.3 is 5.73 Å². The second-order valence-corrected chi connectivity index (χ2v) is 6.84. The van der Waals surface area contributed by atoms with E-state index in [0.717, 1.165) is 17.4 Å². The highest BCUT2D eigenvalue weighted by Crippen LogP contribution is 2.36. The maximum Gasteiger partial charge on any atom is 0.0974 e. The van der Waals surface area contributed by atoms with E-state index in [-0.39, 0.29) is 6.04 Å². The van der Waals surface area contributed by atoms with Gasteiger partial charge in [0.2, 0.25) is 0 Å². The number of thioether (sulfide) groups is 1. The zero-order valence-electron chi connectivity index (χ0n) is 11.8. The molecule has 0 aliphatic heterocycles. The van der Waals surface area contributed by atoms with E-state index in [4.69, 9.17) is 5.73 Å². The van der Waals surface area contributed by atoms with Crippen molar-refractivity contribution in [2.75, 3.05) is 0 Å². The summed E-state index contributed by atoms with van der Waals surface area (Å²) in [5.41, 5.74) is 8.47. The zero-order chi connectivity index (χ0) is 13.1. The topological polar surface area (TPSA) is 43.8 Å². The van der Waals surface area contributed by atoms with Gasteiger partial charge in [0.05, 0.1) is 10.7 Å². The fourth-order valence-electron chi connectivity index (χ4n) is 2.73. The molecule has 0 aromatic carbocycles. The Kier molecular flexibility index (Phi) is 4.73. The van der Waals surface area contributed by atoms with Gasteiger partial charge in [-0.25, -0.2) is 0 Å². The van der Waals surface area contributed by atoms with Gasteiger partial charge in [0, 0.05) is 23.9 Å². The van der Waals surface area contributed by atoms with Crippen molar-refractivity contribution < 1.29 is 0 Å². The summed E-state index contributed by atoms with van der Waals surface area (Å²) >= 11 is 2.03. The number of rotatable bonds is 4. The highest BCUT2D eigenvalue weighted by molar-refractivity contribution is 7.99. The summed E-state index contributed by atoms with van der Waals surface area (Å²) < 4.78 is 2.05. The predicted molar refractivity (Wildman–Crippen MR) is 78.0 cm³/mol. The molecule has 0 saturated heterocycles. The zero-order valence-corrected chi connectivity index (χ0v) is 12.6. The molecule has 0 radical (unpaired) electrons. The van der Waals surface area contributed by atoms with Crippen LogP contribution in [0.25, 0.3) is 0 Å². The van der Waals surface area contributed by atoms with Crippen molar-refractivity contribution >= 4 is 11.8 Å². The number of nitrogens with zero attached hydrogens (tertiary/aromatic N) is 2. The third-order valence-corrected chi connectivity index (χ3v) is 5.18. The first-order chi connectivity index (χ1) is 8.58. The summed E-state index contributed by atoms with van der Waals surface area (Å²) in [5, 5.41) is 6.69. The summed E-state index contributed by atoms with van der Waals surface area (Å²) in [6.07, 6.45) is 7.83. The van der Waals surface area contributed by atoms with Crippen molar-refractivity contribution in [3.63, 3.8) is 0 Å². The van der Waals surface area contributed by atoms with E-state index < -0.39 is 0 Å². The van der Waals surface area contributed by atoms with E-state index >= 15 is 0 Å². The molecule has 1 heterocycles. The quantitative estimate of drug-likeness (QED) is 0.912. The number of aromatic nitrogens is 2. The summed E-state index contributed by atoms with van der Waals surface area (Å²) in [5.74, 6) is 0. The minimum Gasteiger partial charge on any atom is -0.328 e. The lowest BCUT2D eigenvalue weighted by Crippen LogP contribution is -2.19. The van der Waals surface area contributed by atoms with Crippen LogP contribution in [0.4, 0.5) is 0 Å². The van der Waals surface area contributed by atoms with Crippen LogP contribution in [0.5, 0.6) is 0 Å². The van der Waals surface area contributed by atoms with Crippen LogP contribution in [0.2, 0.25) is 0 Å². The Labute approximate surface area is 115 Å². The fourth-order valence-corrected chi connectivity index (χ4v) is 4.18. The average Bonchev–Trinajstić information content (AvgIpc) is 2.57. The molecule has 2 N–H and O–H groups in total. The lowest BCUT2D eigenvalue weighted by molar-refractivity contribution is 0.514. The molecule has 1 unspecified atom stereocenters. The van der Waals surface area contributed by atoms with Crippen LogP contribution in [0, 0.1) is 6.92 Å². The summed E-state index contributed by atoms with van der Waals surface area (Å²) in [7, 11) is 2.06. The van der Waals surface area contributed by atoms with Crippen molar-refractivity contribution in [2.45, 2.75) is 68.7 Å². The highest BCUT2D eigenvalue weighted by Gasteiger charge is 2.21. The molecular formula is C14H25N3S. The Morgan fingerprint density at radius 3 is 2.67 bits per heavy atom. The van der Waals surface area contributed by atoms with Crippen LogP contribution in [0.15, 0.2) is 5.03 Å². The van der Waals surface area contributed by atoms with Gasteiger partial charge in [0.1, 0.15) is 0 Å². The molecular weight excluding hydrogens is 242 g/mol. The Bertz CT molecular complexity index is 392. The first kappa shape index (κ1) is 13.9. The standard InChI is InChI=1S/C14H25N3S/c1-10(15)9-13-11(2)16-17(3)14(13)18-12-7-5-4-6-8-12/h10,12H,4-9,15H2,1-3H3. The molecule has 2 rings (SSSR count). The van der Waals surface area contributed by atoms with E-state index in [1.54, 1.807) is 0 Å². The van der Waals surface area contributed by atoms with Crippen molar-refractivity contribution in [3.05, 3.63) is 11.3 Å².